The normalized spacial score (nSPS) is 11.7. The second-order valence-electron chi connectivity index (χ2n) is 4.96. The van der Waals surface area contributed by atoms with Crippen molar-refractivity contribution in [3.63, 3.8) is 0 Å². The Bertz CT molecular complexity index is 802. The van der Waals surface area contributed by atoms with Crippen molar-refractivity contribution in [2.75, 3.05) is 0 Å². The molecule has 0 heterocycles. The maximum atomic E-state index is 12.7. The first-order valence-corrected chi connectivity index (χ1v) is 6.72. The first-order chi connectivity index (χ1) is 11.2. The number of aryl methyl sites for hydroxylation is 1. The predicted octanol–water partition coefficient (Wildman–Crippen LogP) is 3.19. The Morgan fingerprint density at radius 2 is 1.92 bits per heavy atom. The number of carbonyl (C=O) groups is 1. The summed E-state index contributed by atoms with van der Waals surface area (Å²) in [6.45, 7) is 1.73. The Morgan fingerprint density at radius 1 is 1.21 bits per heavy atom. The van der Waals surface area contributed by atoms with E-state index in [9.17, 15) is 28.2 Å². The molecule has 0 aliphatic heterocycles. The van der Waals surface area contributed by atoms with Crippen LogP contribution in [0.15, 0.2) is 41.5 Å². The van der Waals surface area contributed by atoms with Gasteiger partial charge in [0.2, 0.25) is 0 Å². The Morgan fingerprint density at radius 3 is 2.54 bits per heavy atom. The number of amides is 1. The van der Waals surface area contributed by atoms with E-state index in [0.717, 1.165) is 23.9 Å². The zero-order valence-corrected chi connectivity index (χ0v) is 12.4. The lowest BCUT2D eigenvalue weighted by Gasteiger charge is -2.10. The van der Waals surface area contributed by atoms with Crippen LogP contribution in [0, 0.1) is 6.92 Å². The number of hydrogen-bond acceptors (Lipinski definition) is 4. The number of halogens is 3. The van der Waals surface area contributed by atoms with Gasteiger partial charge in [-0.2, -0.15) is 18.3 Å². The van der Waals surface area contributed by atoms with Gasteiger partial charge in [0.05, 0.1) is 17.3 Å². The molecule has 0 fully saturated rings. The standard InChI is InChI=1S/C16H13F3N2O3/c1-9-5-6-11(13(22)7-9)15(24)21-20-8-10-3-2-4-12(14(10)23)16(17,18)19/h2-8,22-23H,1H3,(H,21,24)/b20-8+. The van der Waals surface area contributed by atoms with Crippen molar-refractivity contribution in [1.82, 2.24) is 5.43 Å². The van der Waals surface area contributed by atoms with Gasteiger partial charge in [0, 0.05) is 5.56 Å². The number of benzene rings is 2. The van der Waals surface area contributed by atoms with Gasteiger partial charge in [0.25, 0.3) is 5.91 Å². The summed E-state index contributed by atoms with van der Waals surface area (Å²) in [6, 6.07) is 7.43. The number of aromatic hydroxyl groups is 2. The van der Waals surface area contributed by atoms with Crippen LogP contribution in [0.4, 0.5) is 13.2 Å². The molecule has 0 radical (unpaired) electrons. The molecular weight excluding hydrogens is 325 g/mol. The van der Waals surface area contributed by atoms with Crippen LogP contribution in [0.1, 0.15) is 27.0 Å². The third-order valence-corrected chi connectivity index (χ3v) is 3.14. The van der Waals surface area contributed by atoms with E-state index in [4.69, 9.17) is 0 Å². The predicted molar refractivity (Wildman–Crippen MR) is 81.0 cm³/mol. The zero-order chi connectivity index (χ0) is 17.9. The van der Waals surface area contributed by atoms with Gasteiger partial charge in [-0.1, -0.05) is 12.1 Å². The highest BCUT2D eigenvalue weighted by atomic mass is 19.4. The SMILES string of the molecule is Cc1ccc(C(=O)N/N=C/c2cccc(C(F)(F)F)c2O)c(O)c1. The van der Waals surface area contributed by atoms with Crippen molar-refractivity contribution >= 4 is 12.1 Å². The van der Waals surface area contributed by atoms with E-state index in [-0.39, 0.29) is 16.9 Å². The summed E-state index contributed by atoms with van der Waals surface area (Å²) in [6.07, 6.45) is -3.82. The quantitative estimate of drug-likeness (QED) is 0.594. The number of carbonyl (C=O) groups excluding carboxylic acids is 1. The molecule has 0 atom stereocenters. The van der Waals surface area contributed by atoms with Crippen molar-refractivity contribution in [2.45, 2.75) is 13.1 Å². The van der Waals surface area contributed by atoms with Crippen LogP contribution in [0.3, 0.4) is 0 Å². The van der Waals surface area contributed by atoms with Crippen LogP contribution in [0.5, 0.6) is 11.5 Å². The molecule has 0 unspecified atom stereocenters. The van der Waals surface area contributed by atoms with Gasteiger partial charge in [-0.25, -0.2) is 5.43 Å². The monoisotopic (exact) mass is 338 g/mol. The fraction of sp³-hybridized carbons (Fsp3) is 0.125. The molecule has 1 amide bonds. The third-order valence-electron chi connectivity index (χ3n) is 3.14. The number of nitrogens with zero attached hydrogens (tertiary/aromatic N) is 1. The first-order valence-electron chi connectivity index (χ1n) is 6.72. The summed E-state index contributed by atoms with van der Waals surface area (Å²) >= 11 is 0. The molecule has 0 saturated carbocycles. The number of nitrogens with one attached hydrogen (secondary N) is 1. The van der Waals surface area contributed by atoms with Crippen molar-refractivity contribution in [3.05, 3.63) is 58.7 Å². The van der Waals surface area contributed by atoms with Gasteiger partial charge in [-0.05, 0) is 36.8 Å². The van der Waals surface area contributed by atoms with Crippen molar-refractivity contribution in [2.24, 2.45) is 5.10 Å². The summed E-state index contributed by atoms with van der Waals surface area (Å²) in [4.78, 5) is 11.9. The van der Waals surface area contributed by atoms with Gasteiger partial charge in [-0.15, -0.1) is 0 Å². The molecule has 0 aromatic heterocycles. The fourth-order valence-electron chi connectivity index (χ4n) is 1.95. The molecular formula is C16H13F3N2O3. The number of para-hydroxylation sites is 1. The highest BCUT2D eigenvalue weighted by Crippen LogP contribution is 2.36. The highest BCUT2D eigenvalue weighted by Gasteiger charge is 2.34. The molecule has 5 nitrogen and oxygen atoms in total. The summed E-state index contributed by atoms with van der Waals surface area (Å²) in [5.74, 6) is -1.97. The van der Waals surface area contributed by atoms with Crippen LogP contribution < -0.4 is 5.43 Å². The maximum Gasteiger partial charge on any atom is 0.419 e. The van der Waals surface area contributed by atoms with Crippen LogP contribution >= 0.6 is 0 Å². The minimum Gasteiger partial charge on any atom is -0.507 e. The molecule has 0 aliphatic rings. The van der Waals surface area contributed by atoms with E-state index in [1.165, 1.54) is 18.2 Å². The Balaban J connectivity index is 2.16. The topological polar surface area (TPSA) is 81.9 Å². The van der Waals surface area contributed by atoms with Crippen LogP contribution in [-0.4, -0.2) is 22.3 Å². The molecule has 3 N–H and O–H groups in total. The number of phenols is 2. The number of hydrazone groups is 1. The van der Waals surface area contributed by atoms with Crippen LogP contribution in [0.2, 0.25) is 0 Å². The maximum absolute atomic E-state index is 12.7. The molecule has 24 heavy (non-hydrogen) atoms. The summed E-state index contributed by atoms with van der Waals surface area (Å²) < 4.78 is 38.0. The lowest BCUT2D eigenvalue weighted by atomic mass is 10.1. The second kappa shape index (κ2) is 6.61. The van der Waals surface area contributed by atoms with Gasteiger partial charge in [0.15, 0.2) is 0 Å². The van der Waals surface area contributed by atoms with Crippen LogP contribution in [0.25, 0.3) is 0 Å². The number of phenolic OH excluding ortho intramolecular Hbond substituents is 2. The molecule has 0 aliphatic carbocycles. The molecule has 2 aromatic carbocycles. The average Bonchev–Trinajstić information content (AvgIpc) is 2.47. The molecule has 126 valence electrons. The average molecular weight is 338 g/mol. The molecule has 0 bridgehead atoms. The first kappa shape index (κ1) is 17.3. The van der Waals surface area contributed by atoms with E-state index in [1.54, 1.807) is 13.0 Å². The van der Waals surface area contributed by atoms with Gasteiger partial charge >= 0.3 is 6.18 Å². The van der Waals surface area contributed by atoms with E-state index < -0.39 is 23.4 Å². The van der Waals surface area contributed by atoms with E-state index in [2.05, 4.69) is 10.5 Å². The Labute approximate surface area is 135 Å². The Hall–Kier alpha value is -3.03. The summed E-state index contributed by atoms with van der Waals surface area (Å²) in [5.41, 5.74) is 1.38. The van der Waals surface area contributed by atoms with Crippen LogP contribution in [-0.2, 0) is 6.18 Å². The minimum absolute atomic E-state index is 0.0361. The van der Waals surface area contributed by atoms with Gasteiger partial charge in [0.1, 0.15) is 11.5 Å². The molecule has 0 spiro atoms. The summed E-state index contributed by atoms with van der Waals surface area (Å²) in [7, 11) is 0. The van der Waals surface area contributed by atoms with Crippen molar-refractivity contribution < 1.29 is 28.2 Å². The third kappa shape index (κ3) is 3.83. The van der Waals surface area contributed by atoms with E-state index >= 15 is 0 Å². The molecule has 2 aromatic rings. The lowest BCUT2D eigenvalue weighted by Crippen LogP contribution is -2.17. The zero-order valence-electron chi connectivity index (χ0n) is 12.4. The minimum atomic E-state index is -4.70. The second-order valence-corrected chi connectivity index (χ2v) is 4.96. The number of hydrogen-bond donors (Lipinski definition) is 3. The number of rotatable bonds is 3. The van der Waals surface area contributed by atoms with Crippen molar-refractivity contribution in [3.8, 4) is 11.5 Å². The van der Waals surface area contributed by atoms with Crippen molar-refractivity contribution in [1.29, 1.82) is 0 Å². The van der Waals surface area contributed by atoms with Gasteiger partial charge < -0.3 is 10.2 Å². The number of alkyl halides is 3. The van der Waals surface area contributed by atoms with E-state index in [0.29, 0.717) is 0 Å². The molecule has 0 saturated heterocycles. The van der Waals surface area contributed by atoms with Gasteiger partial charge in [-0.3, -0.25) is 4.79 Å². The lowest BCUT2D eigenvalue weighted by molar-refractivity contribution is -0.138. The highest BCUT2D eigenvalue weighted by molar-refractivity contribution is 5.97. The smallest absolute Gasteiger partial charge is 0.419 e. The summed E-state index contributed by atoms with van der Waals surface area (Å²) in [5, 5.41) is 22.8. The largest absolute Gasteiger partial charge is 0.507 e. The Kier molecular flexibility index (Phi) is 4.77. The van der Waals surface area contributed by atoms with E-state index in [1.807, 2.05) is 0 Å². The molecule has 2 rings (SSSR count). The fourth-order valence-corrected chi connectivity index (χ4v) is 1.95. The molecule has 8 heteroatoms.